The summed E-state index contributed by atoms with van der Waals surface area (Å²) in [5.41, 5.74) is -0.873. The van der Waals surface area contributed by atoms with Gasteiger partial charge in [0.2, 0.25) is 5.91 Å². The predicted molar refractivity (Wildman–Crippen MR) is 139 cm³/mol. The molecule has 1 amide bonds. The largest absolute Gasteiger partial charge is 0.497 e. The summed E-state index contributed by atoms with van der Waals surface area (Å²) in [7, 11) is -2.66. The summed E-state index contributed by atoms with van der Waals surface area (Å²) in [4.78, 5) is 14.4. The Morgan fingerprint density at radius 1 is 0.917 bits per heavy atom. The van der Waals surface area contributed by atoms with E-state index in [4.69, 9.17) is 9.47 Å². The van der Waals surface area contributed by atoms with Crippen LogP contribution in [-0.2, 0) is 20.2 Å². The number of sulfonamides is 1. The average molecular weight is 502 g/mol. The van der Waals surface area contributed by atoms with Crippen LogP contribution in [0.4, 0.5) is 0 Å². The fraction of sp³-hybridized carbons (Fsp3) is 0.207. The molecule has 1 N–H and O–H groups in total. The van der Waals surface area contributed by atoms with Crippen molar-refractivity contribution in [2.45, 2.75) is 36.2 Å². The minimum absolute atomic E-state index is 0.0503. The van der Waals surface area contributed by atoms with Crippen molar-refractivity contribution in [3.8, 4) is 11.5 Å². The zero-order valence-electron chi connectivity index (χ0n) is 20.3. The molecule has 0 radical (unpaired) electrons. The zero-order valence-corrected chi connectivity index (χ0v) is 21.1. The first-order valence-electron chi connectivity index (χ1n) is 11.6. The number of fused-ring (bicyclic) bond motifs is 2. The highest BCUT2D eigenvalue weighted by Gasteiger charge is 2.52. The van der Waals surface area contributed by atoms with Gasteiger partial charge in [-0.1, -0.05) is 66.7 Å². The lowest BCUT2D eigenvalue weighted by atomic mass is 9.66. The fourth-order valence-electron chi connectivity index (χ4n) is 5.13. The van der Waals surface area contributed by atoms with Gasteiger partial charge in [-0.05, 0) is 49.1 Å². The summed E-state index contributed by atoms with van der Waals surface area (Å²) in [5.74, 6) is 0.406. The second kappa shape index (κ2) is 8.68. The van der Waals surface area contributed by atoms with Crippen LogP contribution in [0.2, 0.25) is 0 Å². The third kappa shape index (κ3) is 3.99. The van der Waals surface area contributed by atoms with Crippen molar-refractivity contribution in [2.24, 2.45) is 0 Å². The van der Waals surface area contributed by atoms with Crippen LogP contribution in [0.3, 0.4) is 0 Å². The number of hydrogen-bond donors (Lipinski definition) is 1. The molecule has 36 heavy (non-hydrogen) atoms. The van der Waals surface area contributed by atoms with Gasteiger partial charge in [-0.15, -0.1) is 0 Å². The van der Waals surface area contributed by atoms with Crippen LogP contribution < -0.4 is 14.2 Å². The van der Waals surface area contributed by atoms with Crippen LogP contribution in [0.1, 0.15) is 31.4 Å². The number of rotatable bonds is 5. The Labute approximate surface area is 210 Å². The molecule has 4 aromatic carbocycles. The molecule has 0 aromatic heterocycles. The summed E-state index contributed by atoms with van der Waals surface area (Å²) in [6.07, 6.45) is 0.223. The topological polar surface area (TPSA) is 81.7 Å². The molecule has 184 valence electrons. The highest BCUT2D eigenvalue weighted by Crippen LogP contribution is 2.50. The average Bonchev–Trinajstić information content (AvgIpc) is 2.87. The number of benzene rings is 4. The first kappa shape index (κ1) is 23.9. The minimum Gasteiger partial charge on any atom is -0.497 e. The Balaban J connectivity index is 1.70. The molecule has 0 aliphatic carbocycles. The van der Waals surface area contributed by atoms with E-state index in [9.17, 15) is 13.2 Å². The van der Waals surface area contributed by atoms with Gasteiger partial charge >= 0.3 is 0 Å². The summed E-state index contributed by atoms with van der Waals surface area (Å²) >= 11 is 0. The molecule has 1 atom stereocenters. The van der Waals surface area contributed by atoms with Crippen molar-refractivity contribution in [1.29, 1.82) is 0 Å². The Hall–Kier alpha value is -3.84. The maximum absolute atomic E-state index is 14.3. The van der Waals surface area contributed by atoms with Crippen molar-refractivity contribution < 1.29 is 22.7 Å². The Bertz CT molecular complexity index is 1560. The van der Waals surface area contributed by atoms with Gasteiger partial charge in [0.05, 0.1) is 12.0 Å². The van der Waals surface area contributed by atoms with E-state index in [1.165, 1.54) is 6.07 Å². The molecule has 1 aliphatic heterocycles. The third-order valence-corrected chi connectivity index (χ3v) is 8.03. The number of carbonyl (C=O) groups excluding carboxylic acids is 1. The molecule has 1 aliphatic rings. The molecule has 5 rings (SSSR count). The molecule has 0 spiro atoms. The molecule has 0 saturated heterocycles. The van der Waals surface area contributed by atoms with Crippen molar-refractivity contribution >= 4 is 26.7 Å². The molecular weight excluding hydrogens is 474 g/mol. The van der Waals surface area contributed by atoms with Gasteiger partial charge in [0.15, 0.2) is 0 Å². The van der Waals surface area contributed by atoms with E-state index in [-0.39, 0.29) is 11.3 Å². The predicted octanol–water partition coefficient (Wildman–Crippen LogP) is 5.20. The monoisotopic (exact) mass is 501 g/mol. The molecule has 6 nitrogen and oxygen atoms in total. The van der Waals surface area contributed by atoms with Crippen LogP contribution in [0.25, 0.3) is 10.8 Å². The number of hydrogen-bond acceptors (Lipinski definition) is 5. The van der Waals surface area contributed by atoms with Gasteiger partial charge in [0, 0.05) is 17.4 Å². The molecule has 1 heterocycles. The smallest absolute Gasteiger partial charge is 0.264 e. The van der Waals surface area contributed by atoms with E-state index < -0.39 is 26.9 Å². The van der Waals surface area contributed by atoms with Crippen molar-refractivity contribution in [2.75, 3.05) is 7.11 Å². The highest BCUT2D eigenvalue weighted by molar-refractivity contribution is 7.90. The van der Waals surface area contributed by atoms with Gasteiger partial charge in [-0.2, -0.15) is 0 Å². The summed E-state index contributed by atoms with van der Waals surface area (Å²) in [5, 5.41) is 1.32. The Morgan fingerprint density at radius 2 is 1.61 bits per heavy atom. The van der Waals surface area contributed by atoms with E-state index >= 15 is 0 Å². The molecular formula is C29H27NO5S. The fourth-order valence-corrected chi connectivity index (χ4v) is 6.40. The SMILES string of the molecule is COc1ccc2c(c1)C(C(=O)NS(=O)(=O)c1cccc3ccccc13)(c1ccccc1)CC(C)(C)O2. The van der Waals surface area contributed by atoms with Crippen LogP contribution >= 0.6 is 0 Å². The van der Waals surface area contributed by atoms with E-state index in [1.54, 1.807) is 43.5 Å². The molecule has 7 heteroatoms. The summed E-state index contributed by atoms with van der Waals surface area (Å²) in [6.45, 7) is 3.79. The van der Waals surface area contributed by atoms with Gasteiger partial charge in [0.25, 0.3) is 10.0 Å². The van der Waals surface area contributed by atoms with Gasteiger partial charge in [0.1, 0.15) is 22.5 Å². The first-order valence-corrected chi connectivity index (χ1v) is 13.1. The molecule has 0 fully saturated rings. The van der Waals surface area contributed by atoms with Crippen LogP contribution in [0.15, 0.2) is 95.9 Å². The van der Waals surface area contributed by atoms with Crippen molar-refractivity contribution in [3.63, 3.8) is 0 Å². The Morgan fingerprint density at radius 3 is 2.36 bits per heavy atom. The van der Waals surface area contributed by atoms with Crippen LogP contribution in [0.5, 0.6) is 11.5 Å². The van der Waals surface area contributed by atoms with Gasteiger partial charge in [-0.25, -0.2) is 13.1 Å². The highest BCUT2D eigenvalue weighted by atomic mass is 32.2. The summed E-state index contributed by atoms with van der Waals surface area (Å²) < 4.78 is 41.5. The maximum atomic E-state index is 14.3. The molecule has 4 aromatic rings. The number of amides is 1. The lowest BCUT2D eigenvalue weighted by Crippen LogP contribution is -2.54. The zero-order chi connectivity index (χ0) is 25.6. The van der Waals surface area contributed by atoms with E-state index in [0.717, 1.165) is 5.39 Å². The summed E-state index contributed by atoms with van der Waals surface area (Å²) in [6, 6.07) is 26.7. The van der Waals surface area contributed by atoms with Gasteiger partial charge in [-0.3, -0.25) is 4.79 Å². The number of ether oxygens (including phenoxy) is 2. The minimum atomic E-state index is -4.21. The lowest BCUT2D eigenvalue weighted by molar-refractivity contribution is -0.126. The lowest BCUT2D eigenvalue weighted by Gasteiger charge is -2.45. The number of carbonyl (C=O) groups is 1. The quantitative estimate of drug-likeness (QED) is 0.407. The van der Waals surface area contributed by atoms with Crippen molar-refractivity contribution in [1.82, 2.24) is 4.72 Å². The standard InChI is InChI=1S/C29H27NO5S/c1-28(2)19-29(21-12-5-4-6-13-21,24-18-22(34-3)16-17-25(24)35-28)27(31)30-36(32,33)26-15-9-11-20-10-7-8-14-23(20)26/h4-18H,19H2,1-3H3,(H,30,31). The molecule has 0 saturated carbocycles. The van der Waals surface area contributed by atoms with E-state index in [1.807, 2.05) is 62.4 Å². The van der Waals surface area contributed by atoms with Gasteiger partial charge < -0.3 is 9.47 Å². The second-order valence-electron chi connectivity index (χ2n) is 9.58. The van der Waals surface area contributed by atoms with Crippen LogP contribution in [-0.4, -0.2) is 27.0 Å². The van der Waals surface area contributed by atoms with Crippen molar-refractivity contribution in [3.05, 3.63) is 102 Å². The van der Waals surface area contributed by atoms with E-state index in [2.05, 4.69) is 4.72 Å². The molecule has 1 unspecified atom stereocenters. The third-order valence-electron chi connectivity index (χ3n) is 6.64. The van der Waals surface area contributed by atoms with Crippen LogP contribution in [0, 0.1) is 0 Å². The molecule has 0 bridgehead atoms. The number of nitrogens with one attached hydrogen (secondary N) is 1. The normalized spacial score (nSPS) is 18.6. The Kier molecular flexibility index (Phi) is 5.75. The number of methoxy groups -OCH3 is 1. The second-order valence-corrected chi connectivity index (χ2v) is 11.2. The van der Waals surface area contributed by atoms with E-state index in [0.29, 0.717) is 28.0 Å². The maximum Gasteiger partial charge on any atom is 0.264 e. The first-order chi connectivity index (χ1) is 17.2.